The largest absolute Gasteiger partial charge is 0.508 e. The summed E-state index contributed by atoms with van der Waals surface area (Å²) in [5.74, 6) is 1.56. The Morgan fingerprint density at radius 1 is 1.14 bits per heavy atom. The van der Waals surface area contributed by atoms with Gasteiger partial charge in [-0.2, -0.15) is 0 Å². The summed E-state index contributed by atoms with van der Waals surface area (Å²) in [6, 6.07) is 10.6. The second-order valence-corrected chi connectivity index (χ2v) is 5.48. The molecule has 0 saturated carbocycles. The van der Waals surface area contributed by atoms with Crippen molar-refractivity contribution in [2.75, 3.05) is 18.0 Å². The molecule has 6 heteroatoms. The lowest BCUT2D eigenvalue weighted by molar-refractivity contribution is -0.385. The van der Waals surface area contributed by atoms with Crippen molar-refractivity contribution in [1.29, 1.82) is 0 Å². The zero-order valence-electron chi connectivity index (χ0n) is 12.1. The van der Waals surface area contributed by atoms with E-state index in [1.165, 1.54) is 17.8 Å². The van der Waals surface area contributed by atoms with Gasteiger partial charge in [0.15, 0.2) is 0 Å². The molecule has 0 aliphatic carbocycles. The standard InChI is InChI=1S/C16H17N3O3/c20-15-4-1-12(2-5-15)13-7-9-18(10-8-13)16-6-3-14(11-17-16)19(21)22/h1-6,11,13,20H,7-10H2. The first-order valence-electron chi connectivity index (χ1n) is 7.28. The van der Waals surface area contributed by atoms with Gasteiger partial charge in [0.25, 0.3) is 5.69 Å². The van der Waals surface area contributed by atoms with Gasteiger partial charge in [-0.15, -0.1) is 0 Å². The fourth-order valence-corrected chi connectivity index (χ4v) is 2.86. The SMILES string of the molecule is O=[N+]([O-])c1ccc(N2CCC(c3ccc(O)cc3)CC2)nc1. The molecule has 1 aliphatic heterocycles. The van der Waals surface area contributed by atoms with E-state index in [-0.39, 0.29) is 11.4 Å². The molecule has 0 amide bonds. The van der Waals surface area contributed by atoms with Crippen molar-refractivity contribution in [2.24, 2.45) is 0 Å². The number of nitro groups is 1. The second kappa shape index (κ2) is 6.01. The smallest absolute Gasteiger partial charge is 0.287 e. The van der Waals surface area contributed by atoms with Crippen LogP contribution in [0.1, 0.15) is 24.3 Å². The van der Waals surface area contributed by atoms with Gasteiger partial charge in [0, 0.05) is 19.2 Å². The number of pyridine rings is 1. The molecule has 1 N–H and O–H groups in total. The molecule has 1 aliphatic rings. The number of anilines is 1. The van der Waals surface area contributed by atoms with Crippen LogP contribution in [0.5, 0.6) is 5.75 Å². The number of rotatable bonds is 3. The number of benzene rings is 1. The summed E-state index contributed by atoms with van der Waals surface area (Å²) in [5, 5.41) is 20.0. The van der Waals surface area contributed by atoms with E-state index in [1.807, 2.05) is 12.1 Å². The molecule has 1 fully saturated rings. The van der Waals surface area contributed by atoms with Gasteiger partial charge in [-0.05, 0) is 42.5 Å². The van der Waals surface area contributed by atoms with Crippen LogP contribution < -0.4 is 4.90 Å². The predicted molar refractivity (Wildman–Crippen MR) is 83.2 cm³/mol. The molecular formula is C16H17N3O3. The van der Waals surface area contributed by atoms with Gasteiger partial charge in [-0.1, -0.05) is 12.1 Å². The quantitative estimate of drug-likeness (QED) is 0.696. The second-order valence-electron chi connectivity index (χ2n) is 5.48. The van der Waals surface area contributed by atoms with E-state index in [1.54, 1.807) is 18.2 Å². The average Bonchev–Trinajstić information content (AvgIpc) is 2.56. The first kappa shape index (κ1) is 14.3. The normalized spacial score (nSPS) is 15.7. The number of phenolic OH excluding ortho intramolecular Hbond substituents is 1. The maximum Gasteiger partial charge on any atom is 0.287 e. The highest BCUT2D eigenvalue weighted by Gasteiger charge is 2.21. The number of hydrogen-bond acceptors (Lipinski definition) is 5. The van der Waals surface area contributed by atoms with Crippen molar-refractivity contribution in [3.05, 3.63) is 58.3 Å². The molecule has 1 saturated heterocycles. The van der Waals surface area contributed by atoms with E-state index in [0.717, 1.165) is 31.7 Å². The fraction of sp³-hybridized carbons (Fsp3) is 0.312. The monoisotopic (exact) mass is 299 g/mol. The van der Waals surface area contributed by atoms with Gasteiger partial charge in [-0.3, -0.25) is 10.1 Å². The number of piperidine rings is 1. The first-order valence-corrected chi connectivity index (χ1v) is 7.28. The highest BCUT2D eigenvalue weighted by Crippen LogP contribution is 2.30. The van der Waals surface area contributed by atoms with Gasteiger partial charge in [0.05, 0.1) is 4.92 Å². The first-order chi connectivity index (χ1) is 10.6. The molecular weight excluding hydrogens is 282 g/mol. The van der Waals surface area contributed by atoms with Crippen molar-refractivity contribution < 1.29 is 10.0 Å². The minimum Gasteiger partial charge on any atom is -0.508 e. The lowest BCUT2D eigenvalue weighted by atomic mass is 9.89. The Labute approximate surface area is 128 Å². The van der Waals surface area contributed by atoms with Crippen LogP contribution in [0.3, 0.4) is 0 Å². The molecule has 0 atom stereocenters. The molecule has 2 aromatic rings. The maximum atomic E-state index is 10.6. The minimum absolute atomic E-state index is 0.0164. The summed E-state index contributed by atoms with van der Waals surface area (Å²) in [6.07, 6.45) is 3.31. The van der Waals surface area contributed by atoms with E-state index < -0.39 is 4.92 Å². The Bertz CT molecular complexity index is 647. The summed E-state index contributed by atoms with van der Waals surface area (Å²) >= 11 is 0. The van der Waals surface area contributed by atoms with E-state index in [4.69, 9.17) is 0 Å². The van der Waals surface area contributed by atoms with Crippen LogP contribution in [0, 0.1) is 10.1 Å². The fourth-order valence-electron chi connectivity index (χ4n) is 2.86. The Morgan fingerprint density at radius 2 is 1.82 bits per heavy atom. The summed E-state index contributed by atoms with van der Waals surface area (Å²) in [7, 11) is 0. The highest BCUT2D eigenvalue weighted by molar-refractivity contribution is 5.43. The van der Waals surface area contributed by atoms with Crippen LogP contribution in [0.15, 0.2) is 42.6 Å². The number of aromatic hydroxyl groups is 1. The third-order valence-electron chi connectivity index (χ3n) is 4.13. The van der Waals surface area contributed by atoms with Crippen LogP contribution in [-0.2, 0) is 0 Å². The number of aromatic nitrogens is 1. The molecule has 2 heterocycles. The zero-order chi connectivity index (χ0) is 15.5. The van der Waals surface area contributed by atoms with E-state index in [0.29, 0.717) is 5.92 Å². The van der Waals surface area contributed by atoms with Crippen LogP contribution in [0.4, 0.5) is 11.5 Å². The van der Waals surface area contributed by atoms with Crippen molar-refractivity contribution >= 4 is 11.5 Å². The Kier molecular flexibility index (Phi) is 3.91. The third kappa shape index (κ3) is 3.00. The predicted octanol–water partition coefficient (Wildman–Crippen LogP) is 3.08. The van der Waals surface area contributed by atoms with E-state index in [9.17, 15) is 15.2 Å². The van der Waals surface area contributed by atoms with Crippen molar-refractivity contribution in [1.82, 2.24) is 4.98 Å². The molecule has 0 radical (unpaired) electrons. The topological polar surface area (TPSA) is 79.5 Å². The minimum atomic E-state index is -0.437. The summed E-state index contributed by atoms with van der Waals surface area (Å²) in [5.41, 5.74) is 1.26. The van der Waals surface area contributed by atoms with Crippen LogP contribution in [0.25, 0.3) is 0 Å². The average molecular weight is 299 g/mol. The molecule has 114 valence electrons. The zero-order valence-corrected chi connectivity index (χ0v) is 12.1. The van der Waals surface area contributed by atoms with Crippen LogP contribution in [0.2, 0.25) is 0 Å². The third-order valence-corrected chi connectivity index (χ3v) is 4.13. The molecule has 6 nitrogen and oxygen atoms in total. The van der Waals surface area contributed by atoms with E-state index >= 15 is 0 Å². The molecule has 0 bridgehead atoms. The molecule has 1 aromatic heterocycles. The lowest BCUT2D eigenvalue weighted by Crippen LogP contribution is -2.33. The van der Waals surface area contributed by atoms with Gasteiger partial charge in [-0.25, -0.2) is 4.98 Å². The molecule has 22 heavy (non-hydrogen) atoms. The maximum absolute atomic E-state index is 10.6. The Balaban J connectivity index is 1.63. The van der Waals surface area contributed by atoms with Crippen molar-refractivity contribution in [3.63, 3.8) is 0 Å². The van der Waals surface area contributed by atoms with Gasteiger partial charge < -0.3 is 10.0 Å². The van der Waals surface area contributed by atoms with Gasteiger partial charge in [0.1, 0.15) is 17.8 Å². The molecule has 0 spiro atoms. The van der Waals surface area contributed by atoms with Crippen LogP contribution in [-0.4, -0.2) is 28.1 Å². The summed E-state index contributed by atoms with van der Waals surface area (Å²) in [6.45, 7) is 1.74. The van der Waals surface area contributed by atoms with E-state index in [2.05, 4.69) is 9.88 Å². The Hall–Kier alpha value is -2.63. The molecule has 3 rings (SSSR count). The number of hydrogen-bond donors (Lipinski definition) is 1. The highest BCUT2D eigenvalue weighted by atomic mass is 16.6. The summed E-state index contributed by atoms with van der Waals surface area (Å²) in [4.78, 5) is 16.5. The molecule has 0 unspecified atom stereocenters. The van der Waals surface area contributed by atoms with Gasteiger partial charge >= 0.3 is 0 Å². The number of nitrogens with zero attached hydrogens (tertiary/aromatic N) is 3. The van der Waals surface area contributed by atoms with Crippen LogP contribution >= 0.6 is 0 Å². The van der Waals surface area contributed by atoms with Crippen molar-refractivity contribution in [2.45, 2.75) is 18.8 Å². The lowest BCUT2D eigenvalue weighted by Gasteiger charge is -2.33. The molecule has 1 aromatic carbocycles. The Morgan fingerprint density at radius 3 is 2.36 bits per heavy atom. The number of phenols is 1. The van der Waals surface area contributed by atoms with Gasteiger partial charge in [0.2, 0.25) is 0 Å². The van der Waals surface area contributed by atoms with Crippen molar-refractivity contribution in [3.8, 4) is 5.75 Å². The summed E-state index contributed by atoms with van der Waals surface area (Å²) < 4.78 is 0.